The number of halogens is 1. The maximum atomic E-state index is 10.7. The highest BCUT2D eigenvalue weighted by atomic mass is 79.9. The van der Waals surface area contributed by atoms with E-state index in [-0.39, 0.29) is 0 Å². The number of hydrogen-bond acceptors (Lipinski definition) is 1. The average molecular weight is 228 g/mol. The van der Waals surface area contributed by atoms with Gasteiger partial charge in [-0.05, 0) is 41.8 Å². The Kier molecular flexibility index (Phi) is 1.83. The molecular formula is C9H10BrNO. The lowest BCUT2D eigenvalue weighted by Crippen LogP contribution is -2.00. The van der Waals surface area contributed by atoms with Crippen LogP contribution in [0.2, 0.25) is 0 Å². The van der Waals surface area contributed by atoms with Gasteiger partial charge in [0.1, 0.15) is 0 Å². The average Bonchev–Trinajstić information content (AvgIpc) is 2.82. The summed E-state index contributed by atoms with van der Waals surface area (Å²) >= 11 is 3.42. The number of aromatic nitrogens is 1. The number of nitrogens with zero attached hydrogens (tertiary/aromatic N) is 1. The smallest absolute Gasteiger partial charge is 0.166 e. The van der Waals surface area contributed by atoms with Crippen LogP contribution in [0.3, 0.4) is 0 Å². The maximum Gasteiger partial charge on any atom is 0.166 e. The lowest BCUT2D eigenvalue weighted by molar-refractivity contribution is 0.111. The minimum absolute atomic E-state index is 0.580. The number of hydrogen-bond donors (Lipinski definition) is 0. The molecule has 1 aromatic rings. The van der Waals surface area contributed by atoms with Crippen LogP contribution in [0.1, 0.15) is 35.1 Å². The molecule has 0 saturated heterocycles. The number of carbonyl (C=O) groups excluding carboxylic acids is 1. The molecule has 0 radical (unpaired) electrons. The van der Waals surface area contributed by atoms with Crippen LogP contribution in [0.25, 0.3) is 0 Å². The first-order chi connectivity index (χ1) is 5.74. The SMILES string of the molecule is Cc1c(Br)cc(C=O)n1C1CC1. The summed E-state index contributed by atoms with van der Waals surface area (Å²) in [5.74, 6) is 0. The molecule has 1 fully saturated rings. The third-order valence-electron chi connectivity index (χ3n) is 2.29. The second-order valence-electron chi connectivity index (χ2n) is 3.22. The van der Waals surface area contributed by atoms with Crippen molar-refractivity contribution in [2.75, 3.05) is 0 Å². The molecule has 0 atom stereocenters. The molecule has 0 spiro atoms. The molecule has 12 heavy (non-hydrogen) atoms. The molecule has 0 aromatic carbocycles. The number of carbonyl (C=O) groups is 1. The van der Waals surface area contributed by atoms with Crippen molar-refractivity contribution in [3.63, 3.8) is 0 Å². The normalized spacial score (nSPS) is 16.5. The summed E-state index contributed by atoms with van der Waals surface area (Å²) in [7, 11) is 0. The third kappa shape index (κ3) is 1.12. The van der Waals surface area contributed by atoms with E-state index in [2.05, 4.69) is 20.5 Å². The summed E-state index contributed by atoms with van der Waals surface area (Å²) in [6.07, 6.45) is 3.35. The van der Waals surface area contributed by atoms with Crippen LogP contribution < -0.4 is 0 Å². The van der Waals surface area contributed by atoms with Gasteiger partial charge in [0, 0.05) is 16.2 Å². The van der Waals surface area contributed by atoms with Gasteiger partial charge < -0.3 is 4.57 Å². The van der Waals surface area contributed by atoms with Crippen LogP contribution in [0.5, 0.6) is 0 Å². The van der Waals surface area contributed by atoms with Gasteiger partial charge in [-0.25, -0.2) is 0 Å². The quantitative estimate of drug-likeness (QED) is 0.713. The molecule has 64 valence electrons. The molecule has 0 bridgehead atoms. The Morgan fingerprint density at radius 3 is 2.83 bits per heavy atom. The van der Waals surface area contributed by atoms with Gasteiger partial charge >= 0.3 is 0 Å². The van der Waals surface area contributed by atoms with Gasteiger partial charge in [0.2, 0.25) is 0 Å². The summed E-state index contributed by atoms with van der Waals surface area (Å²) in [5.41, 5.74) is 1.96. The Morgan fingerprint density at radius 1 is 1.67 bits per heavy atom. The van der Waals surface area contributed by atoms with Gasteiger partial charge in [-0.2, -0.15) is 0 Å². The van der Waals surface area contributed by atoms with E-state index in [1.165, 1.54) is 18.5 Å². The van der Waals surface area contributed by atoms with Crippen LogP contribution in [0.15, 0.2) is 10.5 Å². The summed E-state index contributed by atoms with van der Waals surface area (Å²) in [5, 5.41) is 0. The Morgan fingerprint density at radius 2 is 2.33 bits per heavy atom. The van der Waals surface area contributed by atoms with Gasteiger partial charge in [0.25, 0.3) is 0 Å². The molecule has 0 aliphatic heterocycles. The first kappa shape index (κ1) is 8.05. The van der Waals surface area contributed by atoms with E-state index < -0.39 is 0 Å². The topological polar surface area (TPSA) is 22.0 Å². The largest absolute Gasteiger partial charge is 0.339 e. The predicted octanol–water partition coefficient (Wildman–Crippen LogP) is 2.71. The van der Waals surface area contributed by atoms with Gasteiger partial charge in [0.05, 0.1) is 5.69 Å². The van der Waals surface area contributed by atoms with Gasteiger partial charge in [-0.3, -0.25) is 4.79 Å². The first-order valence-corrected chi connectivity index (χ1v) is 4.86. The molecule has 2 nitrogen and oxygen atoms in total. The molecule has 0 N–H and O–H groups in total. The fraction of sp³-hybridized carbons (Fsp3) is 0.444. The second kappa shape index (κ2) is 2.73. The highest BCUT2D eigenvalue weighted by molar-refractivity contribution is 9.10. The summed E-state index contributed by atoms with van der Waals surface area (Å²) in [6, 6.07) is 2.47. The van der Waals surface area contributed by atoms with Gasteiger partial charge in [-0.15, -0.1) is 0 Å². The molecule has 2 rings (SSSR count). The minimum atomic E-state index is 0.580. The van der Waals surface area contributed by atoms with E-state index in [0.717, 1.165) is 16.5 Å². The second-order valence-corrected chi connectivity index (χ2v) is 4.08. The molecular weight excluding hydrogens is 218 g/mol. The lowest BCUT2D eigenvalue weighted by atomic mass is 10.4. The molecule has 3 heteroatoms. The van der Waals surface area contributed by atoms with Crippen LogP contribution in [0.4, 0.5) is 0 Å². The van der Waals surface area contributed by atoms with E-state index in [0.29, 0.717) is 6.04 Å². The van der Waals surface area contributed by atoms with Crippen LogP contribution in [-0.4, -0.2) is 10.9 Å². The van der Waals surface area contributed by atoms with E-state index in [9.17, 15) is 4.79 Å². The highest BCUT2D eigenvalue weighted by Gasteiger charge is 2.27. The van der Waals surface area contributed by atoms with Crippen molar-refractivity contribution < 1.29 is 4.79 Å². The van der Waals surface area contributed by atoms with Crippen molar-refractivity contribution in [2.24, 2.45) is 0 Å². The fourth-order valence-electron chi connectivity index (χ4n) is 1.52. The molecule has 1 aliphatic rings. The molecule has 1 aromatic heterocycles. The van der Waals surface area contributed by atoms with E-state index in [1.54, 1.807) is 0 Å². The van der Waals surface area contributed by atoms with Crippen molar-refractivity contribution in [2.45, 2.75) is 25.8 Å². The zero-order valence-corrected chi connectivity index (χ0v) is 8.47. The van der Waals surface area contributed by atoms with Crippen molar-refractivity contribution in [1.82, 2.24) is 4.57 Å². The zero-order chi connectivity index (χ0) is 8.72. The van der Waals surface area contributed by atoms with Gasteiger partial charge in [0.15, 0.2) is 6.29 Å². The molecule has 0 unspecified atom stereocenters. The Labute approximate surface area is 79.7 Å². The Bertz CT molecular complexity index is 326. The molecule has 0 amide bonds. The Balaban J connectivity index is 2.53. The van der Waals surface area contributed by atoms with Gasteiger partial charge in [-0.1, -0.05) is 0 Å². The van der Waals surface area contributed by atoms with E-state index >= 15 is 0 Å². The maximum absolute atomic E-state index is 10.7. The monoisotopic (exact) mass is 227 g/mol. The molecule has 1 heterocycles. The third-order valence-corrected chi connectivity index (χ3v) is 3.10. The molecule has 1 saturated carbocycles. The predicted molar refractivity (Wildman–Crippen MR) is 50.5 cm³/mol. The Hall–Kier alpha value is -0.570. The van der Waals surface area contributed by atoms with E-state index in [1.807, 2.05) is 13.0 Å². The highest BCUT2D eigenvalue weighted by Crippen LogP contribution is 2.39. The van der Waals surface area contributed by atoms with Crippen LogP contribution >= 0.6 is 15.9 Å². The summed E-state index contributed by atoms with van der Waals surface area (Å²) < 4.78 is 3.16. The van der Waals surface area contributed by atoms with Crippen molar-refractivity contribution in [3.05, 3.63) is 21.9 Å². The van der Waals surface area contributed by atoms with E-state index in [4.69, 9.17) is 0 Å². The zero-order valence-electron chi connectivity index (χ0n) is 6.88. The number of rotatable bonds is 2. The number of aldehydes is 1. The van der Waals surface area contributed by atoms with Crippen LogP contribution in [-0.2, 0) is 0 Å². The van der Waals surface area contributed by atoms with Crippen LogP contribution in [0, 0.1) is 6.92 Å². The van der Waals surface area contributed by atoms with Crippen molar-refractivity contribution in [3.8, 4) is 0 Å². The molecule has 1 aliphatic carbocycles. The van der Waals surface area contributed by atoms with Crippen molar-refractivity contribution >= 4 is 22.2 Å². The summed E-state index contributed by atoms with van der Waals surface area (Å²) in [4.78, 5) is 10.7. The minimum Gasteiger partial charge on any atom is -0.339 e. The summed E-state index contributed by atoms with van der Waals surface area (Å²) in [6.45, 7) is 2.04. The lowest BCUT2D eigenvalue weighted by Gasteiger charge is -2.04. The first-order valence-electron chi connectivity index (χ1n) is 4.06. The fourth-order valence-corrected chi connectivity index (χ4v) is 1.95. The van der Waals surface area contributed by atoms with Crippen molar-refractivity contribution in [1.29, 1.82) is 0 Å². The standard InChI is InChI=1S/C9H10BrNO/c1-6-9(10)4-8(5-12)11(6)7-2-3-7/h4-5,7H,2-3H2,1H3.